The Morgan fingerprint density at radius 2 is 1.92 bits per heavy atom. The summed E-state index contributed by atoms with van der Waals surface area (Å²) in [5.41, 5.74) is 15.5. The number of aliphatic imine (C=N–C) groups is 1. The molecule has 2 rings (SSSR count). The molecule has 1 amide bonds. The number of rotatable bonds is 5. The molecule has 0 fully saturated rings. The van der Waals surface area contributed by atoms with Gasteiger partial charge >= 0.3 is 5.97 Å². The Labute approximate surface area is 138 Å². The number of guanidine groups is 1. The van der Waals surface area contributed by atoms with Crippen molar-refractivity contribution < 1.29 is 23.1 Å². The lowest BCUT2D eigenvalue weighted by atomic mass is 10.2. The highest BCUT2D eigenvalue weighted by Gasteiger charge is 2.31. The lowest BCUT2D eigenvalue weighted by Gasteiger charge is -2.03. The molecule has 0 spiro atoms. The Morgan fingerprint density at radius 3 is 2.46 bits per heavy atom. The standard InChI is InChI=1S/C7H5NO3S.C6H14N4O2/c9-7-5-3-1-2-4-6(5)12(10,11)8-7;7-4(5(11)12)2-1-3-10-6(8)9/h1-4H,(H,8,9);4H,1-3,7H2,(H,11,12)(H4,8,9,10)/t;4-/m.0/s1. The molecule has 1 aliphatic rings. The van der Waals surface area contributed by atoms with Gasteiger partial charge in [0.05, 0.1) is 5.56 Å². The van der Waals surface area contributed by atoms with Crippen molar-refractivity contribution in [3.8, 4) is 0 Å². The van der Waals surface area contributed by atoms with Gasteiger partial charge in [-0.3, -0.25) is 14.6 Å². The number of hydrogen-bond donors (Lipinski definition) is 5. The Hall–Kier alpha value is -2.66. The molecule has 1 atom stereocenters. The zero-order valence-electron chi connectivity index (χ0n) is 12.7. The zero-order valence-corrected chi connectivity index (χ0v) is 13.5. The third-order valence-corrected chi connectivity index (χ3v) is 4.32. The monoisotopic (exact) mass is 357 g/mol. The van der Waals surface area contributed by atoms with Gasteiger partial charge in [0.15, 0.2) is 5.96 Å². The van der Waals surface area contributed by atoms with Gasteiger partial charge in [-0.1, -0.05) is 12.1 Å². The van der Waals surface area contributed by atoms with Gasteiger partial charge in [-0.25, -0.2) is 13.1 Å². The van der Waals surface area contributed by atoms with Crippen LogP contribution in [0.3, 0.4) is 0 Å². The molecule has 0 aromatic heterocycles. The van der Waals surface area contributed by atoms with Crippen LogP contribution in [0.4, 0.5) is 0 Å². The quantitative estimate of drug-likeness (QED) is 0.240. The summed E-state index contributed by atoms with van der Waals surface area (Å²) >= 11 is 0. The van der Waals surface area contributed by atoms with Crippen molar-refractivity contribution in [3.63, 3.8) is 0 Å². The Kier molecular flexibility index (Phi) is 6.68. The van der Waals surface area contributed by atoms with Crippen molar-refractivity contribution >= 4 is 27.9 Å². The van der Waals surface area contributed by atoms with Crippen molar-refractivity contribution in [1.29, 1.82) is 0 Å². The highest BCUT2D eigenvalue weighted by Crippen LogP contribution is 2.20. The summed E-state index contributed by atoms with van der Waals surface area (Å²) in [6, 6.07) is 5.27. The van der Waals surface area contributed by atoms with Gasteiger partial charge in [0.1, 0.15) is 10.9 Å². The van der Waals surface area contributed by atoms with Crippen LogP contribution in [-0.4, -0.2) is 43.9 Å². The van der Waals surface area contributed by atoms with E-state index in [1.807, 2.05) is 4.72 Å². The van der Waals surface area contributed by atoms with E-state index in [4.69, 9.17) is 22.3 Å². The summed E-state index contributed by atoms with van der Waals surface area (Å²) in [4.78, 5) is 25.0. The Bertz CT molecular complexity index is 743. The molecule has 11 heteroatoms. The number of benzene rings is 1. The first-order chi connectivity index (χ1) is 11.1. The fraction of sp³-hybridized carbons (Fsp3) is 0.308. The van der Waals surface area contributed by atoms with Crippen LogP contribution in [0.15, 0.2) is 34.2 Å². The first kappa shape index (κ1) is 19.4. The second-order valence-electron chi connectivity index (χ2n) is 4.82. The molecule has 24 heavy (non-hydrogen) atoms. The molecular formula is C13H19N5O5S. The lowest BCUT2D eigenvalue weighted by molar-refractivity contribution is -0.138. The van der Waals surface area contributed by atoms with Gasteiger partial charge in [-0.05, 0) is 25.0 Å². The van der Waals surface area contributed by atoms with Crippen LogP contribution < -0.4 is 21.9 Å². The van der Waals surface area contributed by atoms with Crippen LogP contribution in [0.25, 0.3) is 0 Å². The van der Waals surface area contributed by atoms with E-state index in [9.17, 15) is 18.0 Å². The molecule has 0 aliphatic carbocycles. The molecule has 10 nitrogen and oxygen atoms in total. The van der Waals surface area contributed by atoms with Crippen molar-refractivity contribution in [2.24, 2.45) is 22.2 Å². The average Bonchev–Trinajstić information content (AvgIpc) is 2.74. The topological polar surface area (TPSA) is 191 Å². The molecule has 0 radical (unpaired) electrons. The van der Waals surface area contributed by atoms with E-state index in [0.29, 0.717) is 19.4 Å². The molecular weight excluding hydrogens is 338 g/mol. The summed E-state index contributed by atoms with van der Waals surface area (Å²) in [5, 5.41) is 8.38. The minimum absolute atomic E-state index is 0.0129. The minimum atomic E-state index is -3.55. The predicted molar refractivity (Wildman–Crippen MR) is 86.6 cm³/mol. The van der Waals surface area contributed by atoms with Gasteiger partial charge in [0, 0.05) is 6.54 Å². The fourth-order valence-corrected chi connectivity index (χ4v) is 2.94. The van der Waals surface area contributed by atoms with E-state index in [1.165, 1.54) is 12.1 Å². The van der Waals surface area contributed by atoms with Crippen molar-refractivity contribution in [2.45, 2.75) is 23.8 Å². The average molecular weight is 357 g/mol. The number of amides is 1. The molecule has 0 saturated carbocycles. The van der Waals surface area contributed by atoms with Crippen molar-refractivity contribution in [3.05, 3.63) is 29.8 Å². The summed E-state index contributed by atoms with van der Waals surface area (Å²) in [5.74, 6) is -1.54. The molecule has 132 valence electrons. The van der Waals surface area contributed by atoms with E-state index in [2.05, 4.69) is 4.99 Å². The first-order valence-corrected chi connectivity index (χ1v) is 8.33. The van der Waals surface area contributed by atoms with Crippen LogP contribution >= 0.6 is 0 Å². The first-order valence-electron chi connectivity index (χ1n) is 6.85. The van der Waals surface area contributed by atoms with Crippen LogP contribution in [0.1, 0.15) is 23.2 Å². The Balaban J connectivity index is 0.000000240. The number of nitrogens with zero attached hydrogens (tertiary/aromatic N) is 1. The van der Waals surface area contributed by atoms with E-state index in [1.54, 1.807) is 12.1 Å². The molecule has 0 saturated heterocycles. The second-order valence-corrected chi connectivity index (χ2v) is 6.48. The number of sulfonamides is 1. The normalized spacial score (nSPS) is 15.3. The van der Waals surface area contributed by atoms with Crippen molar-refractivity contribution in [1.82, 2.24) is 4.72 Å². The number of aliphatic carboxylic acids is 1. The molecule has 1 aromatic rings. The minimum Gasteiger partial charge on any atom is -0.480 e. The SMILES string of the molecule is NC(N)=NCCC[C@H](N)C(=O)O.O=C1NS(=O)(=O)c2ccccc21. The fourth-order valence-electron chi connectivity index (χ4n) is 1.76. The number of hydrogen-bond acceptors (Lipinski definition) is 6. The van der Waals surface area contributed by atoms with Crippen molar-refractivity contribution in [2.75, 3.05) is 6.54 Å². The largest absolute Gasteiger partial charge is 0.480 e. The molecule has 1 heterocycles. The number of carbonyl (C=O) groups is 2. The summed E-state index contributed by atoms with van der Waals surface area (Å²) in [6.45, 7) is 0.420. The summed E-state index contributed by atoms with van der Waals surface area (Å²) in [6.07, 6.45) is 0.956. The molecule has 0 unspecified atom stereocenters. The van der Waals surface area contributed by atoms with Gasteiger partial charge in [0.25, 0.3) is 15.9 Å². The summed E-state index contributed by atoms with van der Waals surface area (Å²) in [7, 11) is -3.55. The van der Waals surface area contributed by atoms with E-state index >= 15 is 0 Å². The number of carboxylic acid groups (broad SMARTS) is 1. The van der Waals surface area contributed by atoms with Crippen LogP contribution in [0.2, 0.25) is 0 Å². The zero-order chi connectivity index (χ0) is 18.3. The molecule has 8 N–H and O–H groups in total. The molecule has 0 bridgehead atoms. The van der Waals surface area contributed by atoms with Crippen LogP contribution in [-0.2, 0) is 14.8 Å². The third-order valence-electron chi connectivity index (χ3n) is 2.93. The smallest absolute Gasteiger partial charge is 0.320 e. The number of nitrogens with one attached hydrogen (secondary N) is 1. The Morgan fingerprint density at radius 1 is 1.29 bits per heavy atom. The van der Waals surface area contributed by atoms with Gasteiger partial charge < -0.3 is 22.3 Å². The second kappa shape index (κ2) is 8.26. The maximum Gasteiger partial charge on any atom is 0.320 e. The molecule has 1 aromatic carbocycles. The van der Waals surface area contributed by atoms with Crippen LogP contribution in [0, 0.1) is 0 Å². The van der Waals surface area contributed by atoms with Gasteiger partial charge in [-0.2, -0.15) is 0 Å². The maximum absolute atomic E-state index is 11.1. The number of fused-ring (bicyclic) bond motifs is 1. The predicted octanol–water partition coefficient (Wildman–Crippen LogP) is -1.43. The molecule has 1 aliphatic heterocycles. The highest BCUT2D eigenvalue weighted by molar-refractivity contribution is 7.90. The van der Waals surface area contributed by atoms with E-state index in [-0.39, 0.29) is 16.4 Å². The van der Waals surface area contributed by atoms with Crippen LogP contribution in [0.5, 0.6) is 0 Å². The number of nitrogens with two attached hydrogens (primary N) is 3. The van der Waals surface area contributed by atoms with Gasteiger partial charge in [0.2, 0.25) is 0 Å². The van der Waals surface area contributed by atoms with E-state index in [0.717, 1.165) is 0 Å². The summed E-state index contributed by atoms with van der Waals surface area (Å²) < 4.78 is 24.2. The van der Waals surface area contributed by atoms with E-state index < -0.39 is 27.9 Å². The highest BCUT2D eigenvalue weighted by atomic mass is 32.2. The number of carboxylic acids is 1. The number of carbonyl (C=O) groups excluding carboxylic acids is 1. The third kappa shape index (κ3) is 5.52. The maximum atomic E-state index is 11.1. The lowest BCUT2D eigenvalue weighted by Crippen LogP contribution is -2.30. The van der Waals surface area contributed by atoms with Gasteiger partial charge in [-0.15, -0.1) is 0 Å².